The van der Waals surface area contributed by atoms with Gasteiger partial charge in [0.25, 0.3) is 0 Å². The zero-order valence-electron chi connectivity index (χ0n) is 10.2. The van der Waals surface area contributed by atoms with Crippen LogP contribution in [0.5, 0.6) is 0 Å². The summed E-state index contributed by atoms with van der Waals surface area (Å²) in [6.45, 7) is 3.34. The van der Waals surface area contributed by atoms with E-state index in [2.05, 4.69) is 4.98 Å². The monoisotopic (exact) mass is 260 g/mol. The number of Topliss-reactive ketones (excluding diaryl/α,β-unsaturated/α-hetero) is 1. The molecule has 0 aromatic carbocycles. The summed E-state index contributed by atoms with van der Waals surface area (Å²) < 4.78 is 38.4. The second-order valence-electron chi connectivity index (χ2n) is 4.11. The zero-order valence-corrected chi connectivity index (χ0v) is 10.2. The fourth-order valence-electron chi connectivity index (χ4n) is 1.66. The van der Waals surface area contributed by atoms with Crippen molar-refractivity contribution in [2.75, 3.05) is 0 Å². The van der Waals surface area contributed by atoms with E-state index in [1.807, 2.05) is 0 Å². The standard InChI is InChI=1S/C12H15F3N2O/c1-3-11(16,4-2)10(18)8-7-17-6-5-9(8)12(13,14)15/h5-7H,3-4,16H2,1-2H3. The molecule has 1 aromatic rings. The molecule has 0 saturated carbocycles. The maximum absolute atomic E-state index is 12.8. The lowest BCUT2D eigenvalue weighted by Crippen LogP contribution is -2.47. The van der Waals surface area contributed by atoms with Gasteiger partial charge in [0.15, 0.2) is 5.78 Å². The number of carbonyl (C=O) groups excluding carboxylic acids is 1. The molecule has 0 fully saturated rings. The highest BCUT2D eigenvalue weighted by Gasteiger charge is 2.39. The zero-order chi connectivity index (χ0) is 14.0. The fourth-order valence-corrected chi connectivity index (χ4v) is 1.66. The lowest BCUT2D eigenvalue weighted by Gasteiger charge is -2.26. The average molecular weight is 260 g/mol. The fraction of sp³-hybridized carbons (Fsp3) is 0.500. The second-order valence-corrected chi connectivity index (χ2v) is 4.11. The van der Waals surface area contributed by atoms with Gasteiger partial charge in [0.1, 0.15) is 0 Å². The van der Waals surface area contributed by atoms with Crippen molar-refractivity contribution in [1.29, 1.82) is 0 Å². The van der Waals surface area contributed by atoms with Gasteiger partial charge in [-0.25, -0.2) is 0 Å². The minimum Gasteiger partial charge on any atom is -0.319 e. The molecule has 2 N–H and O–H groups in total. The molecule has 0 unspecified atom stereocenters. The minimum atomic E-state index is -4.59. The predicted octanol–water partition coefficient (Wildman–Crippen LogP) is 2.80. The number of halogens is 3. The van der Waals surface area contributed by atoms with E-state index in [-0.39, 0.29) is 12.8 Å². The number of ketones is 1. The first kappa shape index (κ1) is 14.6. The SMILES string of the molecule is CCC(N)(CC)C(=O)c1cnccc1C(F)(F)F. The number of aromatic nitrogens is 1. The maximum Gasteiger partial charge on any atom is 0.417 e. The Labute approximate surface area is 103 Å². The van der Waals surface area contributed by atoms with Gasteiger partial charge < -0.3 is 5.73 Å². The first-order valence-electron chi connectivity index (χ1n) is 5.61. The predicted molar refractivity (Wildman–Crippen MR) is 61.1 cm³/mol. The first-order chi connectivity index (χ1) is 8.26. The normalized spacial score (nSPS) is 12.6. The van der Waals surface area contributed by atoms with E-state index in [1.54, 1.807) is 13.8 Å². The van der Waals surface area contributed by atoms with Crippen LogP contribution in [0.2, 0.25) is 0 Å². The molecular weight excluding hydrogens is 245 g/mol. The molecule has 0 radical (unpaired) electrons. The molecule has 3 nitrogen and oxygen atoms in total. The van der Waals surface area contributed by atoms with Crippen LogP contribution in [-0.2, 0) is 6.18 Å². The molecule has 1 aromatic heterocycles. The van der Waals surface area contributed by atoms with Gasteiger partial charge in [-0.05, 0) is 18.9 Å². The number of alkyl halides is 3. The summed E-state index contributed by atoms with van der Waals surface area (Å²) in [5, 5.41) is 0. The van der Waals surface area contributed by atoms with Crippen LogP contribution in [-0.4, -0.2) is 16.3 Å². The lowest BCUT2D eigenvalue weighted by molar-refractivity contribution is -0.138. The van der Waals surface area contributed by atoms with Gasteiger partial charge in [0.2, 0.25) is 0 Å². The van der Waals surface area contributed by atoms with E-state index in [0.717, 1.165) is 18.5 Å². The highest BCUT2D eigenvalue weighted by atomic mass is 19.4. The molecule has 0 bridgehead atoms. The summed E-state index contributed by atoms with van der Waals surface area (Å²) in [6.07, 6.45) is -2.10. The molecular formula is C12H15F3N2O. The molecule has 0 amide bonds. The molecule has 0 aliphatic carbocycles. The minimum absolute atomic E-state index is 0.272. The average Bonchev–Trinajstić information content (AvgIpc) is 2.36. The molecule has 1 rings (SSSR count). The Hall–Kier alpha value is -1.43. The molecule has 0 atom stereocenters. The Balaban J connectivity index is 3.30. The number of hydrogen-bond donors (Lipinski definition) is 1. The van der Waals surface area contributed by atoms with Gasteiger partial charge in [0.05, 0.1) is 16.7 Å². The topological polar surface area (TPSA) is 56.0 Å². The van der Waals surface area contributed by atoms with E-state index < -0.39 is 28.6 Å². The van der Waals surface area contributed by atoms with E-state index in [1.165, 1.54) is 0 Å². The Morgan fingerprint density at radius 1 is 1.33 bits per heavy atom. The highest BCUT2D eigenvalue weighted by Crippen LogP contribution is 2.33. The largest absolute Gasteiger partial charge is 0.417 e. The van der Waals surface area contributed by atoms with Gasteiger partial charge in [-0.1, -0.05) is 13.8 Å². The number of hydrogen-bond acceptors (Lipinski definition) is 3. The van der Waals surface area contributed by atoms with Gasteiger partial charge in [-0.3, -0.25) is 9.78 Å². The highest BCUT2D eigenvalue weighted by molar-refractivity contribution is 6.04. The molecule has 6 heteroatoms. The molecule has 0 saturated heterocycles. The Morgan fingerprint density at radius 2 is 1.89 bits per heavy atom. The van der Waals surface area contributed by atoms with Crippen molar-refractivity contribution in [3.05, 3.63) is 29.6 Å². The van der Waals surface area contributed by atoms with Gasteiger partial charge in [-0.2, -0.15) is 13.2 Å². The third-order valence-electron chi connectivity index (χ3n) is 3.09. The third-order valence-corrected chi connectivity index (χ3v) is 3.09. The van der Waals surface area contributed by atoms with Crippen LogP contribution in [0, 0.1) is 0 Å². The Kier molecular flexibility index (Phi) is 4.11. The van der Waals surface area contributed by atoms with Crippen molar-refractivity contribution in [2.24, 2.45) is 5.73 Å². The Morgan fingerprint density at radius 3 is 2.33 bits per heavy atom. The van der Waals surface area contributed by atoms with Crippen molar-refractivity contribution >= 4 is 5.78 Å². The van der Waals surface area contributed by atoms with E-state index >= 15 is 0 Å². The van der Waals surface area contributed by atoms with Crippen LogP contribution in [0.25, 0.3) is 0 Å². The van der Waals surface area contributed by atoms with Crippen LogP contribution < -0.4 is 5.73 Å². The van der Waals surface area contributed by atoms with E-state index in [0.29, 0.717) is 0 Å². The van der Waals surface area contributed by atoms with Crippen LogP contribution in [0.15, 0.2) is 18.5 Å². The molecule has 18 heavy (non-hydrogen) atoms. The van der Waals surface area contributed by atoms with Crippen molar-refractivity contribution in [3.63, 3.8) is 0 Å². The number of nitrogens with two attached hydrogens (primary N) is 1. The van der Waals surface area contributed by atoms with Crippen molar-refractivity contribution in [2.45, 2.75) is 38.4 Å². The van der Waals surface area contributed by atoms with Crippen LogP contribution >= 0.6 is 0 Å². The summed E-state index contributed by atoms with van der Waals surface area (Å²) in [5.74, 6) is -0.715. The number of carbonyl (C=O) groups is 1. The third kappa shape index (κ3) is 2.69. The summed E-state index contributed by atoms with van der Waals surface area (Å²) in [7, 11) is 0. The van der Waals surface area contributed by atoms with Gasteiger partial charge in [0, 0.05) is 12.4 Å². The first-order valence-corrected chi connectivity index (χ1v) is 5.61. The Bertz CT molecular complexity index is 439. The van der Waals surface area contributed by atoms with Crippen LogP contribution in [0.1, 0.15) is 42.6 Å². The molecule has 1 heterocycles. The summed E-state index contributed by atoms with van der Waals surface area (Å²) >= 11 is 0. The van der Waals surface area contributed by atoms with E-state index in [9.17, 15) is 18.0 Å². The van der Waals surface area contributed by atoms with Crippen molar-refractivity contribution in [3.8, 4) is 0 Å². The number of nitrogens with zero attached hydrogens (tertiary/aromatic N) is 1. The molecule has 100 valence electrons. The molecule has 0 aliphatic rings. The second kappa shape index (κ2) is 5.06. The van der Waals surface area contributed by atoms with Gasteiger partial charge >= 0.3 is 6.18 Å². The maximum atomic E-state index is 12.8. The summed E-state index contributed by atoms with van der Waals surface area (Å²) in [6, 6.07) is 0.791. The van der Waals surface area contributed by atoms with Crippen LogP contribution in [0.3, 0.4) is 0 Å². The lowest BCUT2D eigenvalue weighted by atomic mass is 9.84. The van der Waals surface area contributed by atoms with Crippen molar-refractivity contribution < 1.29 is 18.0 Å². The quantitative estimate of drug-likeness (QED) is 0.847. The number of rotatable bonds is 4. The number of pyridine rings is 1. The molecule has 0 spiro atoms. The van der Waals surface area contributed by atoms with Crippen molar-refractivity contribution in [1.82, 2.24) is 4.98 Å². The molecule has 0 aliphatic heterocycles. The summed E-state index contributed by atoms with van der Waals surface area (Å²) in [5.41, 5.74) is 3.12. The summed E-state index contributed by atoms with van der Waals surface area (Å²) in [4.78, 5) is 15.7. The van der Waals surface area contributed by atoms with E-state index in [4.69, 9.17) is 5.73 Å². The smallest absolute Gasteiger partial charge is 0.319 e. The van der Waals surface area contributed by atoms with Crippen LogP contribution in [0.4, 0.5) is 13.2 Å². The van der Waals surface area contributed by atoms with Gasteiger partial charge in [-0.15, -0.1) is 0 Å².